The van der Waals surface area contributed by atoms with Gasteiger partial charge in [0, 0.05) is 57.9 Å². The molecule has 8 nitrogen and oxygen atoms in total. The van der Waals surface area contributed by atoms with Crippen molar-refractivity contribution < 1.29 is 14.4 Å². The number of nitrogens with zero attached hydrogens (tertiary/aromatic N) is 5. The number of benzene rings is 1. The van der Waals surface area contributed by atoms with Crippen LogP contribution >= 0.6 is 0 Å². The van der Waals surface area contributed by atoms with Gasteiger partial charge in [-0.2, -0.15) is 5.10 Å². The van der Waals surface area contributed by atoms with Gasteiger partial charge in [0.1, 0.15) is 0 Å². The fraction of sp³-hybridized carbons (Fsp3) is 0.520. The fourth-order valence-corrected chi connectivity index (χ4v) is 5.51. The lowest BCUT2D eigenvalue weighted by Gasteiger charge is -2.36. The molecule has 3 aliphatic rings. The lowest BCUT2D eigenvalue weighted by Crippen LogP contribution is -2.50. The number of imide groups is 1. The molecule has 4 heterocycles. The standard InChI is InChI=1S/C25H31N5O3/c1-18-13-26-29(14-18)12-9-23(31)28-10-7-20(8-11-28)30-24(32)21-16-27(17-22(21)25(30)33)15-19-5-3-2-4-6-19/h2-6,13-14,20-22H,7-12,15-17H2,1H3/t21-,22+. The first-order valence-electron chi connectivity index (χ1n) is 11.9. The Bertz CT molecular complexity index is 1000. The molecule has 0 saturated carbocycles. The first-order chi connectivity index (χ1) is 16.0. The summed E-state index contributed by atoms with van der Waals surface area (Å²) in [7, 11) is 0. The van der Waals surface area contributed by atoms with Gasteiger partial charge in [-0.05, 0) is 30.9 Å². The summed E-state index contributed by atoms with van der Waals surface area (Å²) < 4.78 is 1.79. The van der Waals surface area contributed by atoms with Crippen molar-refractivity contribution >= 4 is 17.7 Å². The van der Waals surface area contributed by atoms with Crippen LogP contribution in [-0.4, -0.2) is 74.4 Å². The highest BCUT2D eigenvalue weighted by Gasteiger charge is 2.54. The minimum Gasteiger partial charge on any atom is -0.342 e. The smallest absolute Gasteiger partial charge is 0.234 e. The van der Waals surface area contributed by atoms with E-state index in [1.165, 1.54) is 5.56 Å². The second-order valence-corrected chi connectivity index (χ2v) is 9.58. The van der Waals surface area contributed by atoms with Gasteiger partial charge in [0.15, 0.2) is 0 Å². The van der Waals surface area contributed by atoms with E-state index in [1.54, 1.807) is 15.8 Å². The van der Waals surface area contributed by atoms with Crippen molar-refractivity contribution in [2.75, 3.05) is 26.2 Å². The topological polar surface area (TPSA) is 78.8 Å². The molecule has 5 rings (SSSR count). The monoisotopic (exact) mass is 449 g/mol. The molecule has 0 aliphatic carbocycles. The third-order valence-electron chi connectivity index (χ3n) is 7.25. The SMILES string of the molecule is Cc1cnn(CCC(=O)N2CCC(N3C(=O)[C@H]4CN(Cc5ccccc5)C[C@H]4C3=O)CC2)c1. The van der Waals surface area contributed by atoms with Crippen LogP contribution < -0.4 is 0 Å². The highest BCUT2D eigenvalue weighted by molar-refractivity contribution is 6.06. The first-order valence-corrected chi connectivity index (χ1v) is 11.9. The van der Waals surface area contributed by atoms with E-state index in [4.69, 9.17) is 0 Å². The van der Waals surface area contributed by atoms with Crippen LogP contribution in [-0.2, 0) is 27.5 Å². The Kier molecular flexibility index (Phi) is 6.01. The number of hydrogen-bond acceptors (Lipinski definition) is 5. The maximum atomic E-state index is 13.2. The van der Waals surface area contributed by atoms with Crippen molar-refractivity contribution in [1.29, 1.82) is 0 Å². The van der Waals surface area contributed by atoms with Gasteiger partial charge in [-0.15, -0.1) is 0 Å². The number of fused-ring (bicyclic) bond motifs is 1. The molecule has 0 spiro atoms. The number of aryl methyl sites for hydroxylation is 2. The van der Waals surface area contributed by atoms with E-state index in [-0.39, 0.29) is 35.6 Å². The molecule has 1 aromatic heterocycles. The second-order valence-electron chi connectivity index (χ2n) is 9.58. The number of aromatic nitrogens is 2. The summed E-state index contributed by atoms with van der Waals surface area (Å²) in [5.41, 5.74) is 2.28. The molecular formula is C25H31N5O3. The average molecular weight is 450 g/mol. The van der Waals surface area contributed by atoms with E-state index in [0.29, 0.717) is 52.0 Å². The number of carbonyl (C=O) groups excluding carboxylic acids is 3. The Hall–Kier alpha value is -3.00. The van der Waals surface area contributed by atoms with Crippen LogP contribution in [0.5, 0.6) is 0 Å². The summed E-state index contributed by atoms with van der Waals surface area (Å²) in [6.45, 7) is 5.79. The molecule has 3 aliphatic heterocycles. The van der Waals surface area contributed by atoms with Gasteiger partial charge in [-0.1, -0.05) is 30.3 Å². The highest BCUT2D eigenvalue weighted by atomic mass is 16.2. The lowest BCUT2D eigenvalue weighted by molar-refractivity contribution is -0.145. The number of likely N-dealkylation sites (tertiary alicyclic amines) is 3. The van der Waals surface area contributed by atoms with E-state index >= 15 is 0 Å². The Morgan fingerprint density at radius 1 is 1.03 bits per heavy atom. The Labute approximate surface area is 194 Å². The number of carbonyl (C=O) groups is 3. The van der Waals surface area contributed by atoms with Gasteiger partial charge in [0.25, 0.3) is 0 Å². The van der Waals surface area contributed by atoms with Gasteiger partial charge in [0.2, 0.25) is 17.7 Å². The summed E-state index contributed by atoms with van der Waals surface area (Å²) >= 11 is 0. The molecule has 174 valence electrons. The minimum atomic E-state index is -0.224. The van der Waals surface area contributed by atoms with Crippen LogP contribution in [0, 0.1) is 18.8 Å². The summed E-state index contributed by atoms with van der Waals surface area (Å²) in [6, 6.07) is 10.1. The van der Waals surface area contributed by atoms with Crippen LogP contribution in [0.3, 0.4) is 0 Å². The Morgan fingerprint density at radius 3 is 2.30 bits per heavy atom. The quantitative estimate of drug-likeness (QED) is 0.627. The summed E-state index contributed by atoms with van der Waals surface area (Å²) in [4.78, 5) is 44.6. The van der Waals surface area contributed by atoms with Crippen LogP contribution in [0.4, 0.5) is 0 Å². The predicted octanol–water partition coefficient (Wildman–Crippen LogP) is 1.69. The van der Waals surface area contributed by atoms with Gasteiger partial charge in [-0.3, -0.25) is 28.9 Å². The van der Waals surface area contributed by atoms with Crippen molar-refractivity contribution in [2.24, 2.45) is 11.8 Å². The summed E-state index contributed by atoms with van der Waals surface area (Å²) in [5.74, 6) is -0.371. The molecule has 3 saturated heterocycles. The Balaban J connectivity index is 1.12. The third kappa shape index (κ3) is 4.44. The first kappa shape index (κ1) is 21.8. The van der Waals surface area contributed by atoms with Crippen LogP contribution in [0.2, 0.25) is 0 Å². The Morgan fingerprint density at radius 2 is 1.70 bits per heavy atom. The van der Waals surface area contributed by atoms with Gasteiger partial charge >= 0.3 is 0 Å². The van der Waals surface area contributed by atoms with Gasteiger partial charge in [0.05, 0.1) is 18.0 Å². The molecule has 0 unspecified atom stereocenters. The average Bonchev–Trinajstić information content (AvgIpc) is 3.49. The molecule has 3 amide bonds. The second kappa shape index (κ2) is 9.09. The van der Waals surface area contributed by atoms with Crippen molar-refractivity contribution in [3.63, 3.8) is 0 Å². The van der Waals surface area contributed by atoms with Crippen molar-refractivity contribution in [2.45, 2.75) is 45.3 Å². The molecular weight excluding hydrogens is 418 g/mol. The maximum absolute atomic E-state index is 13.2. The van der Waals surface area contributed by atoms with E-state index in [9.17, 15) is 14.4 Å². The lowest BCUT2D eigenvalue weighted by atomic mass is 10.00. The van der Waals surface area contributed by atoms with Crippen molar-refractivity contribution in [3.05, 3.63) is 53.9 Å². The van der Waals surface area contributed by atoms with E-state index < -0.39 is 0 Å². The summed E-state index contributed by atoms with van der Waals surface area (Å²) in [5, 5.41) is 4.23. The van der Waals surface area contributed by atoms with Crippen molar-refractivity contribution in [1.82, 2.24) is 24.5 Å². The van der Waals surface area contributed by atoms with Crippen LogP contribution in [0.25, 0.3) is 0 Å². The molecule has 0 radical (unpaired) electrons. The molecule has 0 N–H and O–H groups in total. The predicted molar refractivity (Wildman–Crippen MR) is 122 cm³/mol. The number of amides is 3. The number of rotatable bonds is 6. The zero-order chi connectivity index (χ0) is 22.9. The molecule has 8 heteroatoms. The zero-order valence-electron chi connectivity index (χ0n) is 19.1. The molecule has 0 bridgehead atoms. The van der Waals surface area contributed by atoms with Crippen molar-refractivity contribution in [3.8, 4) is 0 Å². The molecule has 1 aromatic carbocycles. The largest absolute Gasteiger partial charge is 0.342 e. The minimum absolute atomic E-state index is 0.0145. The fourth-order valence-electron chi connectivity index (χ4n) is 5.51. The molecule has 33 heavy (non-hydrogen) atoms. The van der Waals surface area contributed by atoms with Crippen LogP contribution in [0.15, 0.2) is 42.7 Å². The molecule has 2 atom stereocenters. The van der Waals surface area contributed by atoms with Crippen LogP contribution in [0.1, 0.15) is 30.4 Å². The molecule has 3 fully saturated rings. The maximum Gasteiger partial charge on any atom is 0.234 e. The summed E-state index contributed by atoms with van der Waals surface area (Å²) in [6.07, 6.45) is 5.46. The number of hydrogen-bond donors (Lipinski definition) is 0. The van der Waals surface area contributed by atoms with E-state index in [2.05, 4.69) is 22.1 Å². The highest BCUT2D eigenvalue weighted by Crippen LogP contribution is 2.37. The zero-order valence-corrected chi connectivity index (χ0v) is 19.1. The third-order valence-corrected chi connectivity index (χ3v) is 7.25. The molecule has 2 aromatic rings. The number of piperidine rings is 1. The van der Waals surface area contributed by atoms with Gasteiger partial charge < -0.3 is 4.90 Å². The van der Waals surface area contributed by atoms with Gasteiger partial charge in [-0.25, -0.2) is 0 Å². The van der Waals surface area contributed by atoms with E-state index in [1.807, 2.05) is 36.2 Å². The van der Waals surface area contributed by atoms with E-state index in [0.717, 1.165) is 12.1 Å². The normalized spacial score (nSPS) is 24.0.